The number of ether oxygens (including phenoxy) is 2. The maximum Gasteiger partial charge on any atom is 0.303 e. The molecule has 0 aliphatic carbocycles. The first-order valence-electron chi connectivity index (χ1n) is 6.78. The van der Waals surface area contributed by atoms with Crippen LogP contribution in [0.4, 0.5) is 0 Å². The molecule has 2 N–H and O–H groups in total. The van der Waals surface area contributed by atoms with Gasteiger partial charge in [-0.2, -0.15) is 0 Å². The Kier molecular flexibility index (Phi) is 7.43. The minimum absolute atomic E-state index is 0.0347. The van der Waals surface area contributed by atoms with Gasteiger partial charge < -0.3 is 19.9 Å². The lowest BCUT2D eigenvalue weighted by atomic mass is 10.2. The van der Waals surface area contributed by atoms with Crippen LogP contribution in [0.15, 0.2) is 0 Å². The molecule has 1 rings (SSSR count). The van der Waals surface area contributed by atoms with Crippen molar-refractivity contribution in [1.82, 2.24) is 5.32 Å². The van der Waals surface area contributed by atoms with Crippen LogP contribution in [-0.2, 0) is 19.1 Å². The standard InChI is InChI=1S/C13H23NO5/c1-10(8-19-11-6-7-18-9-11)14-12(15)4-2-3-5-13(16)17/h10-11H,2-9H2,1H3,(H,14,15)(H,16,17). The lowest BCUT2D eigenvalue weighted by Crippen LogP contribution is -2.37. The smallest absolute Gasteiger partial charge is 0.303 e. The second-order valence-electron chi connectivity index (χ2n) is 4.89. The molecule has 1 saturated heterocycles. The van der Waals surface area contributed by atoms with Crippen LogP contribution in [0.5, 0.6) is 0 Å². The molecule has 0 spiro atoms. The number of carboxylic acid groups (broad SMARTS) is 1. The summed E-state index contributed by atoms with van der Waals surface area (Å²) >= 11 is 0. The summed E-state index contributed by atoms with van der Waals surface area (Å²) in [5.41, 5.74) is 0. The van der Waals surface area contributed by atoms with E-state index in [0.29, 0.717) is 32.5 Å². The quantitative estimate of drug-likeness (QED) is 0.611. The van der Waals surface area contributed by atoms with Crippen molar-refractivity contribution in [2.45, 2.75) is 51.2 Å². The van der Waals surface area contributed by atoms with E-state index in [0.717, 1.165) is 13.0 Å². The molecule has 2 atom stereocenters. The fraction of sp³-hybridized carbons (Fsp3) is 0.846. The summed E-state index contributed by atoms with van der Waals surface area (Å²) in [6, 6.07) is -0.0347. The fourth-order valence-electron chi connectivity index (χ4n) is 1.88. The Bertz CT molecular complexity index is 289. The van der Waals surface area contributed by atoms with Gasteiger partial charge in [0.25, 0.3) is 0 Å². The Hall–Kier alpha value is -1.14. The average Bonchev–Trinajstić information content (AvgIpc) is 2.85. The van der Waals surface area contributed by atoms with E-state index in [-0.39, 0.29) is 24.5 Å². The van der Waals surface area contributed by atoms with E-state index in [1.54, 1.807) is 0 Å². The first kappa shape index (κ1) is 15.9. The van der Waals surface area contributed by atoms with Gasteiger partial charge >= 0.3 is 5.97 Å². The third-order valence-electron chi connectivity index (χ3n) is 2.92. The number of amides is 1. The van der Waals surface area contributed by atoms with Gasteiger partial charge in [0, 0.05) is 25.5 Å². The van der Waals surface area contributed by atoms with Crippen molar-refractivity contribution >= 4 is 11.9 Å². The lowest BCUT2D eigenvalue weighted by molar-refractivity contribution is -0.137. The number of aliphatic carboxylic acids is 1. The number of unbranched alkanes of at least 4 members (excludes halogenated alkanes) is 1. The summed E-state index contributed by atoms with van der Waals surface area (Å²) in [5, 5.41) is 11.3. The van der Waals surface area contributed by atoms with Crippen molar-refractivity contribution < 1.29 is 24.2 Å². The summed E-state index contributed by atoms with van der Waals surface area (Å²) in [7, 11) is 0. The van der Waals surface area contributed by atoms with Gasteiger partial charge in [0.05, 0.1) is 19.3 Å². The Morgan fingerprint density at radius 3 is 2.79 bits per heavy atom. The summed E-state index contributed by atoms with van der Waals surface area (Å²) in [5.74, 6) is -0.870. The van der Waals surface area contributed by atoms with Crippen LogP contribution in [0.25, 0.3) is 0 Å². The first-order chi connectivity index (χ1) is 9.08. The van der Waals surface area contributed by atoms with Crippen LogP contribution in [0.1, 0.15) is 39.0 Å². The number of hydrogen-bond acceptors (Lipinski definition) is 4. The van der Waals surface area contributed by atoms with Gasteiger partial charge in [-0.3, -0.25) is 9.59 Å². The largest absolute Gasteiger partial charge is 0.481 e. The Morgan fingerprint density at radius 1 is 1.42 bits per heavy atom. The van der Waals surface area contributed by atoms with Gasteiger partial charge in [0.15, 0.2) is 0 Å². The van der Waals surface area contributed by atoms with Gasteiger partial charge in [-0.05, 0) is 26.2 Å². The predicted octanol–water partition coefficient (Wildman–Crippen LogP) is 0.942. The van der Waals surface area contributed by atoms with E-state index < -0.39 is 5.97 Å². The number of carbonyl (C=O) groups excluding carboxylic acids is 1. The number of hydrogen-bond donors (Lipinski definition) is 2. The van der Waals surface area contributed by atoms with Crippen LogP contribution >= 0.6 is 0 Å². The average molecular weight is 273 g/mol. The van der Waals surface area contributed by atoms with E-state index in [9.17, 15) is 9.59 Å². The van der Waals surface area contributed by atoms with Crippen molar-refractivity contribution in [2.75, 3.05) is 19.8 Å². The highest BCUT2D eigenvalue weighted by Crippen LogP contribution is 2.08. The molecule has 1 fully saturated rings. The van der Waals surface area contributed by atoms with E-state index >= 15 is 0 Å². The number of rotatable bonds is 9. The Morgan fingerprint density at radius 2 is 2.16 bits per heavy atom. The maximum atomic E-state index is 11.6. The van der Waals surface area contributed by atoms with Crippen molar-refractivity contribution in [1.29, 1.82) is 0 Å². The second kappa shape index (κ2) is 8.87. The zero-order valence-corrected chi connectivity index (χ0v) is 11.4. The molecule has 19 heavy (non-hydrogen) atoms. The predicted molar refractivity (Wildman–Crippen MR) is 68.9 cm³/mol. The zero-order chi connectivity index (χ0) is 14.1. The maximum absolute atomic E-state index is 11.6. The molecule has 0 aromatic rings. The minimum Gasteiger partial charge on any atom is -0.481 e. The SMILES string of the molecule is CC(COC1CCOC1)NC(=O)CCCCC(=O)O. The van der Waals surface area contributed by atoms with E-state index in [4.69, 9.17) is 14.6 Å². The highest BCUT2D eigenvalue weighted by Gasteiger charge is 2.17. The highest BCUT2D eigenvalue weighted by molar-refractivity contribution is 5.76. The molecule has 110 valence electrons. The van der Waals surface area contributed by atoms with Gasteiger partial charge in [-0.1, -0.05) is 0 Å². The molecule has 1 heterocycles. The van der Waals surface area contributed by atoms with Crippen molar-refractivity contribution in [2.24, 2.45) is 0 Å². The second-order valence-corrected chi connectivity index (χ2v) is 4.89. The van der Waals surface area contributed by atoms with Crippen LogP contribution < -0.4 is 5.32 Å². The Balaban J connectivity index is 2.01. The van der Waals surface area contributed by atoms with Crippen LogP contribution in [0.3, 0.4) is 0 Å². The lowest BCUT2D eigenvalue weighted by Gasteiger charge is -2.16. The third-order valence-corrected chi connectivity index (χ3v) is 2.92. The van der Waals surface area contributed by atoms with E-state index in [1.807, 2.05) is 6.92 Å². The molecule has 2 unspecified atom stereocenters. The number of carboxylic acids is 1. The van der Waals surface area contributed by atoms with Crippen molar-refractivity contribution in [3.8, 4) is 0 Å². The van der Waals surface area contributed by atoms with Crippen LogP contribution in [-0.4, -0.2) is 48.9 Å². The van der Waals surface area contributed by atoms with E-state index in [2.05, 4.69) is 5.32 Å². The third kappa shape index (κ3) is 7.79. The van der Waals surface area contributed by atoms with E-state index in [1.165, 1.54) is 0 Å². The normalized spacial score (nSPS) is 20.2. The fourth-order valence-corrected chi connectivity index (χ4v) is 1.88. The molecule has 6 heteroatoms. The topological polar surface area (TPSA) is 84.9 Å². The molecule has 1 aliphatic heterocycles. The molecule has 0 aromatic carbocycles. The van der Waals surface area contributed by atoms with Crippen molar-refractivity contribution in [3.63, 3.8) is 0 Å². The summed E-state index contributed by atoms with van der Waals surface area (Å²) in [4.78, 5) is 21.9. The molecule has 0 saturated carbocycles. The minimum atomic E-state index is -0.819. The van der Waals surface area contributed by atoms with Gasteiger partial charge in [0.2, 0.25) is 5.91 Å². The molecular formula is C13H23NO5. The molecule has 1 aliphatic rings. The molecule has 6 nitrogen and oxygen atoms in total. The summed E-state index contributed by atoms with van der Waals surface area (Å²) < 4.78 is 10.8. The molecular weight excluding hydrogens is 250 g/mol. The summed E-state index contributed by atoms with van der Waals surface area (Å²) in [6.07, 6.45) is 2.68. The molecule has 0 bridgehead atoms. The molecule has 0 radical (unpaired) electrons. The van der Waals surface area contributed by atoms with Gasteiger partial charge in [-0.25, -0.2) is 0 Å². The number of carbonyl (C=O) groups is 2. The Labute approximate surface area is 113 Å². The van der Waals surface area contributed by atoms with Crippen molar-refractivity contribution in [3.05, 3.63) is 0 Å². The monoisotopic (exact) mass is 273 g/mol. The van der Waals surface area contributed by atoms with Gasteiger partial charge in [-0.15, -0.1) is 0 Å². The molecule has 1 amide bonds. The zero-order valence-electron chi connectivity index (χ0n) is 11.4. The summed E-state index contributed by atoms with van der Waals surface area (Å²) in [6.45, 7) is 3.75. The molecule has 0 aromatic heterocycles. The van der Waals surface area contributed by atoms with Crippen LogP contribution in [0.2, 0.25) is 0 Å². The van der Waals surface area contributed by atoms with Gasteiger partial charge in [0.1, 0.15) is 0 Å². The number of nitrogens with one attached hydrogen (secondary N) is 1. The van der Waals surface area contributed by atoms with Crippen LogP contribution in [0, 0.1) is 0 Å². The highest BCUT2D eigenvalue weighted by atomic mass is 16.5. The first-order valence-corrected chi connectivity index (χ1v) is 6.78.